The van der Waals surface area contributed by atoms with Crippen LogP contribution in [0.5, 0.6) is 23.0 Å². The third-order valence-electron chi connectivity index (χ3n) is 7.15. The zero-order valence-electron chi connectivity index (χ0n) is 23.7. The Labute approximate surface area is 250 Å². The molecule has 1 heterocycles. The SMILES string of the molecule is COc1ccc(N2C(=O)CCC(C(=O)N(C)CC(C)Oc3ccc(Cl)c(Cl)c3)C2c2ccc(OC)c(OC)c2)cc1. The molecule has 1 saturated heterocycles. The second-order valence-electron chi connectivity index (χ2n) is 9.89. The van der Waals surface area contributed by atoms with Crippen molar-refractivity contribution in [2.24, 2.45) is 5.92 Å². The van der Waals surface area contributed by atoms with E-state index in [0.717, 1.165) is 5.56 Å². The fourth-order valence-corrected chi connectivity index (χ4v) is 5.48. The van der Waals surface area contributed by atoms with Crippen LogP contribution in [0.4, 0.5) is 5.69 Å². The van der Waals surface area contributed by atoms with Gasteiger partial charge in [-0.3, -0.25) is 9.59 Å². The van der Waals surface area contributed by atoms with Crippen molar-refractivity contribution in [2.45, 2.75) is 31.9 Å². The van der Waals surface area contributed by atoms with Gasteiger partial charge in [0.15, 0.2) is 11.5 Å². The van der Waals surface area contributed by atoms with E-state index in [1.165, 1.54) is 0 Å². The maximum absolute atomic E-state index is 14.0. The number of carbonyl (C=O) groups excluding carboxylic acids is 2. The highest BCUT2D eigenvalue weighted by atomic mass is 35.5. The predicted molar refractivity (Wildman–Crippen MR) is 160 cm³/mol. The molecule has 4 rings (SSSR count). The summed E-state index contributed by atoms with van der Waals surface area (Å²) in [4.78, 5) is 30.9. The molecule has 0 radical (unpaired) electrons. The first-order valence-electron chi connectivity index (χ1n) is 13.2. The third-order valence-corrected chi connectivity index (χ3v) is 7.89. The zero-order valence-corrected chi connectivity index (χ0v) is 25.2. The van der Waals surface area contributed by atoms with E-state index in [1.54, 1.807) is 74.6 Å². The van der Waals surface area contributed by atoms with Crippen molar-refractivity contribution in [3.05, 3.63) is 76.3 Å². The first-order chi connectivity index (χ1) is 19.7. The molecule has 218 valence electrons. The number of likely N-dealkylation sites (N-methyl/N-ethyl adjacent to an activating group) is 1. The number of ether oxygens (including phenoxy) is 4. The number of benzene rings is 3. The molecule has 0 aliphatic carbocycles. The van der Waals surface area contributed by atoms with Crippen LogP contribution in [0.25, 0.3) is 0 Å². The lowest BCUT2D eigenvalue weighted by Crippen LogP contribution is -2.49. The van der Waals surface area contributed by atoms with Crippen molar-refractivity contribution in [2.75, 3.05) is 39.8 Å². The molecule has 8 nitrogen and oxygen atoms in total. The van der Waals surface area contributed by atoms with Gasteiger partial charge in [0.1, 0.15) is 17.6 Å². The van der Waals surface area contributed by atoms with Crippen molar-refractivity contribution in [1.29, 1.82) is 0 Å². The Morgan fingerprint density at radius 1 is 0.927 bits per heavy atom. The maximum atomic E-state index is 14.0. The van der Waals surface area contributed by atoms with E-state index in [9.17, 15) is 9.59 Å². The van der Waals surface area contributed by atoms with Crippen LogP contribution in [0, 0.1) is 5.92 Å². The van der Waals surface area contributed by atoms with Gasteiger partial charge in [0.05, 0.1) is 49.9 Å². The topological polar surface area (TPSA) is 77.5 Å². The highest BCUT2D eigenvalue weighted by Crippen LogP contribution is 2.43. The van der Waals surface area contributed by atoms with Gasteiger partial charge in [-0.05, 0) is 67.4 Å². The highest BCUT2D eigenvalue weighted by Gasteiger charge is 2.43. The molecular weight excluding hydrogens is 567 g/mol. The Bertz CT molecular complexity index is 1380. The molecule has 3 aromatic rings. The maximum Gasteiger partial charge on any atom is 0.228 e. The number of nitrogens with zero attached hydrogens (tertiary/aromatic N) is 2. The van der Waals surface area contributed by atoms with E-state index < -0.39 is 12.0 Å². The summed E-state index contributed by atoms with van der Waals surface area (Å²) >= 11 is 12.2. The van der Waals surface area contributed by atoms with E-state index in [2.05, 4.69) is 0 Å². The van der Waals surface area contributed by atoms with Gasteiger partial charge < -0.3 is 28.7 Å². The van der Waals surface area contributed by atoms with E-state index in [4.69, 9.17) is 42.1 Å². The summed E-state index contributed by atoms with van der Waals surface area (Å²) in [5, 5.41) is 0.831. The predicted octanol–water partition coefficient (Wildman–Crippen LogP) is 6.43. The lowest BCUT2D eigenvalue weighted by atomic mass is 9.82. The molecule has 10 heteroatoms. The van der Waals surface area contributed by atoms with E-state index >= 15 is 0 Å². The van der Waals surface area contributed by atoms with Gasteiger partial charge in [-0.15, -0.1) is 0 Å². The molecule has 0 aromatic heterocycles. The van der Waals surface area contributed by atoms with Crippen LogP contribution in [0.3, 0.4) is 0 Å². The summed E-state index contributed by atoms with van der Waals surface area (Å²) in [5.41, 5.74) is 1.44. The number of amides is 2. The molecule has 1 aliphatic rings. The smallest absolute Gasteiger partial charge is 0.228 e. The van der Waals surface area contributed by atoms with Crippen molar-refractivity contribution in [3.63, 3.8) is 0 Å². The van der Waals surface area contributed by atoms with Crippen LogP contribution in [0.2, 0.25) is 10.0 Å². The number of hydrogen-bond acceptors (Lipinski definition) is 6. The number of rotatable bonds is 10. The van der Waals surface area contributed by atoms with E-state index in [-0.39, 0.29) is 24.3 Å². The Morgan fingerprint density at radius 2 is 1.61 bits per heavy atom. The monoisotopic (exact) mass is 600 g/mol. The highest BCUT2D eigenvalue weighted by molar-refractivity contribution is 6.42. The Balaban J connectivity index is 1.65. The number of hydrogen-bond donors (Lipinski definition) is 0. The average Bonchev–Trinajstić information content (AvgIpc) is 2.98. The quantitative estimate of drug-likeness (QED) is 0.267. The Morgan fingerprint density at radius 3 is 2.24 bits per heavy atom. The van der Waals surface area contributed by atoms with Gasteiger partial charge in [-0.1, -0.05) is 29.3 Å². The van der Waals surface area contributed by atoms with Gasteiger partial charge in [-0.25, -0.2) is 0 Å². The number of anilines is 1. The fraction of sp³-hybridized carbons (Fsp3) is 0.355. The standard InChI is InChI=1S/C31H34Cl2N2O6/c1-19(41-23-11-13-25(32)26(33)17-23)18-34(2)31(37)24-12-15-29(36)35(21-7-9-22(38-3)10-8-21)30(24)20-6-14-27(39-4)28(16-20)40-5/h6-11,13-14,16-17,19,24,30H,12,15,18H2,1-5H3. The first-order valence-corrected chi connectivity index (χ1v) is 14.0. The van der Waals surface area contributed by atoms with Crippen LogP contribution in [0.15, 0.2) is 60.7 Å². The molecule has 1 aliphatic heterocycles. The molecule has 3 aromatic carbocycles. The summed E-state index contributed by atoms with van der Waals surface area (Å²) in [5.74, 6) is 1.62. The lowest BCUT2D eigenvalue weighted by molar-refractivity contribution is -0.138. The van der Waals surface area contributed by atoms with Crippen molar-refractivity contribution >= 4 is 40.7 Å². The van der Waals surface area contributed by atoms with Gasteiger partial charge >= 0.3 is 0 Å². The van der Waals surface area contributed by atoms with Gasteiger partial charge in [-0.2, -0.15) is 0 Å². The fourth-order valence-electron chi connectivity index (χ4n) is 5.19. The molecule has 3 atom stereocenters. The lowest BCUT2D eigenvalue weighted by Gasteiger charge is -2.42. The van der Waals surface area contributed by atoms with Crippen molar-refractivity contribution in [3.8, 4) is 23.0 Å². The number of carbonyl (C=O) groups is 2. The first kappa shape index (κ1) is 30.3. The second-order valence-corrected chi connectivity index (χ2v) is 10.7. The largest absolute Gasteiger partial charge is 0.497 e. The Hall–Kier alpha value is -3.62. The van der Waals surface area contributed by atoms with Crippen molar-refractivity contribution in [1.82, 2.24) is 4.90 Å². The van der Waals surface area contributed by atoms with Crippen LogP contribution < -0.4 is 23.8 Å². The summed E-state index contributed by atoms with van der Waals surface area (Å²) < 4.78 is 22.3. The van der Waals surface area contributed by atoms with Gasteiger partial charge in [0.2, 0.25) is 11.8 Å². The van der Waals surface area contributed by atoms with Crippen molar-refractivity contribution < 1.29 is 28.5 Å². The summed E-state index contributed by atoms with van der Waals surface area (Å²) in [6.45, 7) is 2.21. The molecule has 3 unspecified atom stereocenters. The minimum atomic E-state index is -0.578. The summed E-state index contributed by atoms with van der Waals surface area (Å²) in [7, 11) is 6.45. The molecule has 1 fully saturated rings. The van der Waals surface area contributed by atoms with Gasteiger partial charge in [0, 0.05) is 25.2 Å². The normalized spacial score (nSPS) is 17.5. The number of piperidine rings is 1. The van der Waals surface area contributed by atoms with Gasteiger partial charge in [0.25, 0.3) is 0 Å². The van der Waals surface area contributed by atoms with E-state index in [0.29, 0.717) is 51.7 Å². The summed E-state index contributed by atoms with van der Waals surface area (Å²) in [6, 6.07) is 17.2. The van der Waals surface area contributed by atoms with Crippen LogP contribution >= 0.6 is 23.2 Å². The summed E-state index contributed by atoms with van der Waals surface area (Å²) in [6.07, 6.45) is 0.300. The molecule has 0 bridgehead atoms. The van der Waals surface area contributed by atoms with E-state index in [1.807, 2.05) is 31.2 Å². The molecule has 0 spiro atoms. The van der Waals surface area contributed by atoms with Crippen LogP contribution in [-0.2, 0) is 9.59 Å². The average molecular weight is 602 g/mol. The molecule has 0 saturated carbocycles. The second kappa shape index (κ2) is 13.4. The zero-order chi connectivity index (χ0) is 29.7. The number of methoxy groups -OCH3 is 3. The number of halogens is 2. The molecular formula is C31H34Cl2N2O6. The molecule has 41 heavy (non-hydrogen) atoms. The Kier molecular flexibility index (Phi) is 9.89. The third kappa shape index (κ3) is 6.82. The molecule has 0 N–H and O–H groups in total. The van der Waals surface area contributed by atoms with Crippen LogP contribution in [-0.4, -0.2) is 57.7 Å². The minimum Gasteiger partial charge on any atom is -0.497 e. The minimum absolute atomic E-state index is 0.0713. The molecule has 2 amide bonds. The van der Waals surface area contributed by atoms with Crippen LogP contribution in [0.1, 0.15) is 31.4 Å².